The third-order valence-electron chi connectivity index (χ3n) is 2.71. The molecule has 0 aliphatic carbocycles. The van der Waals surface area contributed by atoms with Crippen LogP contribution in [0.2, 0.25) is 0 Å². The highest BCUT2D eigenvalue weighted by molar-refractivity contribution is 5.94. The zero-order valence-electron chi connectivity index (χ0n) is 9.77. The van der Waals surface area contributed by atoms with Crippen LogP contribution >= 0.6 is 0 Å². The van der Waals surface area contributed by atoms with Crippen molar-refractivity contribution in [2.24, 2.45) is 0 Å². The van der Waals surface area contributed by atoms with Gasteiger partial charge in [0.1, 0.15) is 5.56 Å². The van der Waals surface area contributed by atoms with Crippen molar-refractivity contribution in [2.75, 3.05) is 0 Å². The van der Waals surface area contributed by atoms with Gasteiger partial charge in [-0.05, 0) is 17.5 Å². The third-order valence-corrected chi connectivity index (χ3v) is 2.71. The predicted octanol–water partition coefficient (Wildman–Crippen LogP) is 2.90. The Balaban J connectivity index is 2.49. The number of aromatic carboxylic acids is 1. The van der Waals surface area contributed by atoms with E-state index in [9.17, 15) is 4.79 Å². The first-order valence-corrected chi connectivity index (χ1v) is 5.46. The Morgan fingerprint density at radius 3 is 2.82 bits per heavy atom. The minimum absolute atomic E-state index is 0.200. The fourth-order valence-electron chi connectivity index (χ4n) is 1.72. The van der Waals surface area contributed by atoms with Crippen LogP contribution in [-0.2, 0) is 0 Å². The van der Waals surface area contributed by atoms with Gasteiger partial charge in [-0.2, -0.15) is 5.10 Å². The first-order valence-electron chi connectivity index (χ1n) is 5.46. The van der Waals surface area contributed by atoms with E-state index in [1.54, 1.807) is 0 Å². The molecule has 0 amide bonds. The lowest BCUT2D eigenvalue weighted by molar-refractivity contribution is 0.0698. The number of aromatic nitrogens is 2. The Bertz CT molecular complexity index is 544. The second-order valence-electron chi connectivity index (χ2n) is 4.24. The summed E-state index contributed by atoms with van der Waals surface area (Å²) < 4.78 is 0. The molecule has 0 spiro atoms. The van der Waals surface area contributed by atoms with Crippen molar-refractivity contribution in [3.8, 4) is 11.3 Å². The standard InChI is InChI=1S/C13H14N2O2/c1-8(2)9-4-3-5-10(6-9)12-11(13(16)17)7-14-15-12/h3-8H,1-2H3,(H,14,15)(H,16,17). The Morgan fingerprint density at radius 2 is 2.18 bits per heavy atom. The van der Waals surface area contributed by atoms with E-state index >= 15 is 0 Å². The van der Waals surface area contributed by atoms with Crippen molar-refractivity contribution in [2.45, 2.75) is 19.8 Å². The van der Waals surface area contributed by atoms with Crippen LogP contribution in [0.3, 0.4) is 0 Å². The molecular formula is C13H14N2O2. The average molecular weight is 230 g/mol. The molecule has 2 rings (SSSR count). The number of benzene rings is 1. The maximum atomic E-state index is 11.0. The van der Waals surface area contributed by atoms with Gasteiger partial charge in [0.05, 0.1) is 11.9 Å². The number of nitrogens with one attached hydrogen (secondary N) is 1. The fourth-order valence-corrected chi connectivity index (χ4v) is 1.72. The Kier molecular flexibility index (Phi) is 2.95. The molecule has 1 heterocycles. The second kappa shape index (κ2) is 4.41. The smallest absolute Gasteiger partial charge is 0.339 e. The molecule has 88 valence electrons. The number of carboxylic acid groups (broad SMARTS) is 1. The molecule has 0 aliphatic heterocycles. The van der Waals surface area contributed by atoms with Gasteiger partial charge in [0.15, 0.2) is 0 Å². The first-order chi connectivity index (χ1) is 8.09. The summed E-state index contributed by atoms with van der Waals surface area (Å²) in [4.78, 5) is 11.0. The Hall–Kier alpha value is -2.10. The normalized spacial score (nSPS) is 10.8. The SMILES string of the molecule is CC(C)c1cccc(-c2[nH]ncc2C(=O)O)c1. The summed E-state index contributed by atoms with van der Waals surface area (Å²) in [5.41, 5.74) is 2.78. The van der Waals surface area contributed by atoms with Crippen molar-refractivity contribution in [1.29, 1.82) is 0 Å². The van der Waals surface area contributed by atoms with E-state index in [1.165, 1.54) is 11.8 Å². The molecule has 2 N–H and O–H groups in total. The van der Waals surface area contributed by atoms with Gasteiger partial charge in [-0.1, -0.05) is 32.0 Å². The Labute approximate surface area is 99.3 Å². The molecule has 2 aromatic rings. The number of rotatable bonds is 3. The molecule has 0 saturated heterocycles. The van der Waals surface area contributed by atoms with E-state index in [2.05, 4.69) is 24.0 Å². The van der Waals surface area contributed by atoms with Gasteiger partial charge in [0.2, 0.25) is 0 Å². The van der Waals surface area contributed by atoms with Gasteiger partial charge >= 0.3 is 5.97 Å². The third kappa shape index (κ3) is 2.20. The molecule has 4 heteroatoms. The molecule has 0 unspecified atom stereocenters. The number of carboxylic acids is 1. The predicted molar refractivity (Wildman–Crippen MR) is 65.1 cm³/mol. The number of H-pyrrole nitrogens is 1. The van der Waals surface area contributed by atoms with Crippen LogP contribution in [0.5, 0.6) is 0 Å². The lowest BCUT2D eigenvalue weighted by Gasteiger charge is -2.07. The van der Waals surface area contributed by atoms with Crippen LogP contribution in [0.1, 0.15) is 35.7 Å². The minimum atomic E-state index is -0.969. The highest BCUT2D eigenvalue weighted by Gasteiger charge is 2.14. The molecule has 0 atom stereocenters. The quantitative estimate of drug-likeness (QED) is 0.852. The van der Waals surface area contributed by atoms with Crippen LogP contribution < -0.4 is 0 Å². The van der Waals surface area contributed by atoms with Crippen LogP contribution in [0.25, 0.3) is 11.3 Å². The highest BCUT2D eigenvalue weighted by atomic mass is 16.4. The number of nitrogens with zero attached hydrogens (tertiary/aromatic N) is 1. The van der Waals surface area contributed by atoms with E-state index in [1.807, 2.05) is 24.3 Å². The lowest BCUT2D eigenvalue weighted by atomic mass is 9.99. The number of aromatic amines is 1. The van der Waals surface area contributed by atoms with E-state index in [4.69, 9.17) is 5.11 Å². The molecule has 0 saturated carbocycles. The topological polar surface area (TPSA) is 66.0 Å². The van der Waals surface area contributed by atoms with Crippen LogP contribution in [0.4, 0.5) is 0 Å². The molecule has 0 aliphatic rings. The van der Waals surface area contributed by atoms with Crippen molar-refractivity contribution in [3.63, 3.8) is 0 Å². The average Bonchev–Trinajstić information content (AvgIpc) is 2.78. The number of hydrogen-bond donors (Lipinski definition) is 2. The molecular weight excluding hydrogens is 216 g/mol. The molecule has 1 aromatic heterocycles. The van der Waals surface area contributed by atoms with Gasteiger partial charge in [0.25, 0.3) is 0 Å². The zero-order chi connectivity index (χ0) is 12.4. The van der Waals surface area contributed by atoms with Crippen molar-refractivity contribution in [3.05, 3.63) is 41.6 Å². The van der Waals surface area contributed by atoms with Gasteiger partial charge in [-0.15, -0.1) is 0 Å². The maximum Gasteiger partial charge on any atom is 0.339 e. The van der Waals surface area contributed by atoms with E-state index in [-0.39, 0.29) is 5.56 Å². The molecule has 17 heavy (non-hydrogen) atoms. The van der Waals surface area contributed by atoms with E-state index < -0.39 is 5.97 Å². The summed E-state index contributed by atoms with van der Waals surface area (Å²) >= 11 is 0. The van der Waals surface area contributed by atoms with Crippen LogP contribution in [-0.4, -0.2) is 21.3 Å². The maximum absolute atomic E-state index is 11.0. The summed E-state index contributed by atoms with van der Waals surface area (Å²) in [6, 6.07) is 7.83. The van der Waals surface area contributed by atoms with E-state index in [0.29, 0.717) is 11.6 Å². The zero-order valence-corrected chi connectivity index (χ0v) is 9.77. The van der Waals surface area contributed by atoms with Gasteiger partial charge in [-0.3, -0.25) is 5.10 Å². The lowest BCUT2D eigenvalue weighted by Crippen LogP contribution is -1.97. The summed E-state index contributed by atoms with van der Waals surface area (Å²) in [7, 11) is 0. The number of carbonyl (C=O) groups is 1. The largest absolute Gasteiger partial charge is 0.478 e. The van der Waals surface area contributed by atoms with Gasteiger partial charge < -0.3 is 5.11 Å². The Morgan fingerprint density at radius 1 is 1.41 bits per heavy atom. The van der Waals surface area contributed by atoms with Crippen molar-refractivity contribution < 1.29 is 9.90 Å². The molecule has 0 bridgehead atoms. The summed E-state index contributed by atoms with van der Waals surface area (Å²) in [6.07, 6.45) is 1.33. The van der Waals surface area contributed by atoms with Crippen molar-refractivity contribution >= 4 is 5.97 Å². The van der Waals surface area contributed by atoms with Gasteiger partial charge in [0, 0.05) is 5.56 Å². The molecule has 4 nitrogen and oxygen atoms in total. The minimum Gasteiger partial charge on any atom is -0.478 e. The molecule has 1 aromatic carbocycles. The fraction of sp³-hybridized carbons (Fsp3) is 0.231. The van der Waals surface area contributed by atoms with Crippen LogP contribution in [0.15, 0.2) is 30.5 Å². The summed E-state index contributed by atoms with van der Waals surface area (Å²) in [5, 5.41) is 15.6. The summed E-state index contributed by atoms with van der Waals surface area (Å²) in [6.45, 7) is 4.20. The van der Waals surface area contributed by atoms with E-state index in [0.717, 1.165) is 5.56 Å². The first kappa shape index (κ1) is 11.4. The molecule has 0 radical (unpaired) electrons. The second-order valence-corrected chi connectivity index (χ2v) is 4.24. The highest BCUT2D eigenvalue weighted by Crippen LogP contribution is 2.24. The van der Waals surface area contributed by atoms with Crippen molar-refractivity contribution in [1.82, 2.24) is 10.2 Å². The van der Waals surface area contributed by atoms with Crippen LogP contribution in [0, 0.1) is 0 Å². The molecule has 0 fully saturated rings. The van der Waals surface area contributed by atoms with Gasteiger partial charge in [-0.25, -0.2) is 4.79 Å². The summed E-state index contributed by atoms with van der Waals surface area (Å²) in [5.74, 6) is -0.560. The number of hydrogen-bond acceptors (Lipinski definition) is 2. The monoisotopic (exact) mass is 230 g/mol.